The SMILES string of the molecule is O[C@@H](CN[C@@H]1CCCc2ccccc21)COC(c1ccc(F)cc1)c1ccc(F)cc1. The van der Waals surface area contributed by atoms with Gasteiger partial charge in [0, 0.05) is 12.6 Å². The van der Waals surface area contributed by atoms with E-state index in [0.29, 0.717) is 6.54 Å². The molecule has 3 aromatic rings. The Morgan fingerprint density at radius 1 is 0.903 bits per heavy atom. The van der Waals surface area contributed by atoms with Crippen LogP contribution in [0.15, 0.2) is 72.8 Å². The van der Waals surface area contributed by atoms with Gasteiger partial charge in [0.25, 0.3) is 0 Å². The summed E-state index contributed by atoms with van der Waals surface area (Å²) in [5, 5.41) is 14.0. The normalized spacial score (nSPS) is 16.8. The first-order valence-electron chi connectivity index (χ1n) is 10.7. The molecule has 0 aromatic heterocycles. The Morgan fingerprint density at radius 2 is 1.52 bits per heavy atom. The summed E-state index contributed by atoms with van der Waals surface area (Å²) in [5.74, 6) is -0.669. The van der Waals surface area contributed by atoms with Crippen LogP contribution in [0, 0.1) is 11.6 Å². The highest BCUT2D eigenvalue weighted by Crippen LogP contribution is 2.30. The minimum atomic E-state index is -0.711. The van der Waals surface area contributed by atoms with Crippen molar-refractivity contribution in [3.63, 3.8) is 0 Å². The van der Waals surface area contributed by atoms with Gasteiger partial charge in [0.2, 0.25) is 0 Å². The second kappa shape index (κ2) is 10.1. The zero-order chi connectivity index (χ0) is 21.6. The average molecular weight is 424 g/mol. The van der Waals surface area contributed by atoms with E-state index < -0.39 is 12.2 Å². The summed E-state index contributed by atoms with van der Waals surface area (Å²) >= 11 is 0. The van der Waals surface area contributed by atoms with Crippen molar-refractivity contribution >= 4 is 0 Å². The van der Waals surface area contributed by atoms with E-state index in [1.165, 1.54) is 35.4 Å². The zero-order valence-electron chi connectivity index (χ0n) is 17.3. The summed E-state index contributed by atoms with van der Waals surface area (Å²) in [7, 11) is 0. The molecule has 0 fully saturated rings. The summed E-state index contributed by atoms with van der Waals surface area (Å²) < 4.78 is 32.8. The van der Waals surface area contributed by atoms with Gasteiger partial charge >= 0.3 is 0 Å². The summed E-state index contributed by atoms with van der Waals surface area (Å²) in [5.41, 5.74) is 4.16. The third kappa shape index (κ3) is 5.56. The standard InChI is InChI=1S/C26H27F2NO2/c27-21-12-8-19(9-13-21)26(20-10-14-22(28)15-11-20)31-17-23(30)16-29-25-7-3-5-18-4-1-2-6-24(18)25/h1-2,4,6,8-15,23,25-26,29-30H,3,5,7,16-17H2/t23-,25+/m0/s1. The monoisotopic (exact) mass is 423 g/mol. The molecule has 3 nitrogen and oxygen atoms in total. The summed E-state index contributed by atoms with van der Waals surface area (Å²) in [4.78, 5) is 0. The number of aliphatic hydroxyl groups is 1. The average Bonchev–Trinajstić information content (AvgIpc) is 2.80. The van der Waals surface area contributed by atoms with E-state index in [-0.39, 0.29) is 24.3 Å². The Balaban J connectivity index is 1.39. The number of nitrogens with one attached hydrogen (secondary N) is 1. The zero-order valence-corrected chi connectivity index (χ0v) is 17.3. The van der Waals surface area contributed by atoms with Crippen molar-refractivity contribution < 1.29 is 18.6 Å². The first-order chi connectivity index (χ1) is 15.1. The van der Waals surface area contributed by atoms with Gasteiger partial charge in [-0.25, -0.2) is 8.78 Å². The van der Waals surface area contributed by atoms with Crippen LogP contribution in [0.5, 0.6) is 0 Å². The molecule has 5 heteroatoms. The van der Waals surface area contributed by atoms with Gasteiger partial charge in [-0.1, -0.05) is 48.5 Å². The number of fused-ring (bicyclic) bond motifs is 1. The predicted molar refractivity (Wildman–Crippen MR) is 117 cm³/mol. The van der Waals surface area contributed by atoms with Crippen molar-refractivity contribution in [2.75, 3.05) is 13.2 Å². The van der Waals surface area contributed by atoms with E-state index in [0.717, 1.165) is 30.4 Å². The van der Waals surface area contributed by atoms with Crippen LogP contribution in [0.3, 0.4) is 0 Å². The molecule has 2 atom stereocenters. The summed E-state index contributed by atoms with van der Waals surface area (Å²) in [6, 6.07) is 20.7. The highest BCUT2D eigenvalue weighted by Gasteiger charge is 2.21. The Hall–Kier alpha value is -2.60. The molecule has 0 radical (unpaired) electrons. The molecule has 0 heterocycles. The maximum absolute atomic E-state index is 13.4. The molecule has 31 heavy (non-hydrogen) atoms. The Bertz CT molecular complexity index is 930. The van der Waals surface area contributed by atoms with Crippen molar-refractivity contribution in [2.24, 2.45) is 0 Å². The lowest BCUT2D eigenvalue weighted by molar-refractivity contribution is 0.00537. The fraction of sp³-hybridized carbons (Fsp3) is 0.308. The highest BCUT2D eigenvalue weighted by molar-refractivity contribution is 5.32. The van der Waals surface area contributed by atoms with Gasteiger partial charge in [0.1, 0.15) is 17.7 Å². The third-order valence-electron chi connectivity index (χ3n) is 5.77. The largest absolute Gasteiger partial charge is 0.389 e. The van der Waals surface area contributed by atoms with E-state index in [2.05, 4.69) is 23.5 Å². The van der Waals surface area contributed by atoms with Crippen LogP contribution >= 0.6 is 0 Å². The van der Waals surface area contributed by atoms with Crippen LogP contribution in [-0.4, -0.2) is 24.4 Å². The second-order valence-electron chi connectivity index (χ2n) is 8.02. The lowest BCUT2D eigenvalue weighted by atomic mass is 9.88. The van der Waals surface area contributed by atoms with Crippen LogP contribution in [0.2, 0.25) is 0 Å². The number of benzene rings is 3. The molecule has 4 rings (SSSR count). The maximum Gasteiger partial charge on any atom is 0.123 e. The topological polar surface area (TPSA) is 41.5 Å². The Kier molecular flexibility index (Phi) is 7.07. The Morgan fingerprint density at radius 3 is 2.16 bits per heavy atom. The van der Waals surface area contributed by atoms with Crippen molar-refractivity contribution in [2.45, 2.75) is 37.5 Å². The first-order valence-corrected chi connectivity index (χ1v) is 10.7. The van der Waals surface area contributed by atoms with E-state index in [4.69, 9.17) is 4.74 Å². The second-order valence-corrected chi connectivity index (χ2v) is 8.02. The van der Waals surface area contributed by atoms with E-state index >= 15 is 0 Å². The molecule has 0 saturated heterocycles. The van der Waals surface area contributed by atoms with Crippen LogP contribution in [0.25, 0.3) is 0 Å². The number of hydrogen-bond donors (Lipinski definition) is 2. The number of aryl methyl sites for hydroxylation is 1. The molecule has 0 amide bonds. The van der Waals surface area contributed by atoms with E-state index in [1.807, 2.05) is 6.07 Å². The van der Waals surface area contributed by atoms with Gasteiger partial charge < -0.3 is 15.2 Å². The molecule has 3 aromatic carbocycles. The first kappa shape index (κ1) is 21.6. The van der Waals surface area contributed by atoms with Gasteiger partial charge in [-0.05, 0) is 65.8 Å². The third-order valence-corrected chi connectivity index (χ3v) is 5.77. The smallest absolute Gasteiger partial charge is 0.123 e. The fourth-order valence-electron chi connectivity index (χ4n) is 4.17. The molecular formula is C26H27F2NO2. The minimum Gasteiger partial charge on any atom is -0.389 e. The lowest BCUT2D eigenvalue weighted by Gasteiger charge is -2.28. The lowest BCUT2D eigenvalue weighted by Crippen LogP contribution is -2.35. The van der Waals surface area contributed by atoms with Crippen molar-refractivity contribution in [3.05, 3.63) is 107 Å². The van der Waals surface area contributed by atoms with Gasteiger partial charge in [0.05, 0.1) is 12.7 Å². The van der Waals surface area contributed by atoms with Gasteiger partial charge in [0.15, 0.2) is 0 Å². The molecule has 1 aliphatic rings. The number of halogens is 2. The quantitative estimate of drug-likeness (QED) is 0.530. The summed E-state index contributed by atoms with van der Waals surface area (Å²) in [6.45, 7) is 0.499. The van der Waals surface area contributed by atoms with Gasteiger partial charge in [-0.3, -0.25) is 0 Å². The predicted octanol–water partition coefficient (Wildman–Crippen LogP) is 5.10. The van der Waals surface area contributed by atoms with E-state index in [9.17, 15) is 13.9 Å². The molecule has 1 aliphatic carbocycles. The molecule has 0 spiro atoms. The molecule has 0 bridgehead atoms. The summed E-state index contributed by atoms with van der Waals surface area (Å²) in [6.07, 6.45) is 2.03. The van der Waals surface area contributed by atoms with E-state index in [1.54, 1.807) is 24.3 Å². The molecule has 0 saturated carbocycles. The van der Waals surface area contributed by atoms with Crippen LogP contribution in [-0.2, 0) is 11.2 Å². The molecule has 0 aliphatic heterocycles. The van der Waals surface area contributed by atoms with Crippen molar-refractivity contribution in [1.29, 1.82) is 0 Å². The van der Waals surface area contributed by atoms with Crippen LogP contribution < -0.4 is 5.32 Å². The number of ether oxygens (including phenoxy) is 1. The molecule has 0 unspecified atom stereocenters. The molecule has 162 valence electrons. The molecular weight excluding hydrogens is 396 g/mol. The Labute approximate surface area is 181 Å². The van der Waals surface area contributed by atoms with Gasteiger partial charge in [-0.2, -0.15) is 0 Å². The van der Waals surface area contributed by atoms with Crippen LogP contribution in [0.1, 0.15) is 47.2 Å². The number of hydrogen-bond acceptors (Lipinski definition) is 3. The van der Waals surface area contributed by atoms with Crippen molar-refractivity contribution in [3.8, 4) is 0 Å². The molecule has 2 N–H and O–H groups in total. The van der Waals surface area contributed by atoms with Gasteiger partial charge in [-0.15, -0.1) is 0 Å². The maximum atomic E-state index is 13.4. The van der Waals surface area contributed by atoms with Crippen LogP contribution in [0.4, 0.5) is 8.78 Å². The highest BCUT2D eigenvalue weighted by atomic mass is 19.1. The fourth-order valence-corrected chi connectivity index (χ4v) is 4.17. The number of rotatable bonds is 8. The van der Waals surface area contributed by atoms with Crippen molar-refractivity contribution in [1.82, 2.24) is 5.32 Å². The minimum absolute atomic E-state index is 0.0980. The number of aliphatic hydroxyl groups excluding tert-OH is 1.